The van der Waals surface area contributed by atoms with Crippen molar-refractivity contribution in [3.63, 3.8) is 0 Å². The van der Waals surface area contributed by atoms with Gasteiger partial charge in [0.25, 0.3) is 0 Å². The number of aromatic nitrogens is 2. The molecule has 1 aromatic carbocycles. The molecule has 0 amide bonds. The minimum absolute atomic E-state index is 0.280. The number of hydrogen-bond acceptors (Lipinski definition) is 4. The molecule has 1 heterocycles. The van der Waals surface area contributed by atoms with Gasteiger partial charge in [0.05, 0.1) is 17.1 Å². The minimum atomic E-state index is -3.42. The highest BCUT2D eigenvalue weighted by molar-refractivity contribution is 7.89. The zero-order chi connectivity index (χ0) is 22.5. The second-order valence-corrected chi connectivity index (χ2v) is 9.98. The number of nitrogens with one attached hydrogen (secondary N) is 1. The lowest BCUT2D eigenvalue weighted by Crippen LogP contribution is -2.38. The highest BCUT2D eigenvalue weighted by Crippen LogP contribution is 2.19. The van der Waals surface area contributed by atoms with Crippen LogP contribution in [-0.2, 0) is 30.2 Å². The molecular weight excluding hydrogens is 400 g/mol. The van der Waals surface area contributed by atoms with Crippen molar-refractivity contribution in [3.8, 4) is 0 Å². The Morgan fingerprint density at radius 3 is 2.37 bits per heavy atom. The first-order valence-corrected chi connectivity index (χ1v) is 11.5. The number of hydrogen-bond donors (Lipinski definition) is 1. The maximum Gasteiger partial charge on any atom is 0.242 e. The largest absolute Gasteiger partial charge is 0.357 e. The van der Waals surface area contributed by atoms with Crippen LogP contribution in [0.15, 0.2) is 40.4 Å². The van der Waals surface area contributed by atoms with E-state index < -0.39 is 10.0 Å². The Morgan fingerprint density at radius 1 is 1.20 bits per heavy atom. The molecule has 9 heteroatoms. The van der Waals surface area contributed by atoms with Gasteiger partial charge in [-0.25, -0.2) is 17.7 Å². The van der Waals surface area contributed by atoms with Gasteiger partial charge in [-0.1, -0.05) is 26.0 Å². The van der Waals surface area contributed by atoms with Crippen molar-refractivity contribution in [3.05, 3.63) is 47.3 Å². The molecule has 166 valence electrons. The Labute approximate surface area is 180 Å². The van der Waals surface area contributed by atoms with E-state index in [4.69, 9.17) is 4.99 Å². The molecule has 0 aliphatic rings. The molecule has 0 bridgehead atoms. The quantitative estimate of drug-likeness (QED) is 0.510. The number of aliphatic imine (C=N–C) groups is 1. The van der Waals surface area contributed by atoms with Gasteiger partial charge < -0.3 is 10.2 Å². The molecule has 0 atom stereocenters. The fraction of sp³-hybridized carbons (Fsp3) is 0.524. The molecule has 2 aromatic rings. The molecule has 0 aliphatic carbocycles. The van der Waals surface area contributed by atoms with Crippen molar-refractivity contribution in [1.82, 2.24) is 24.3 Å². The van der Waals surface area contributed by atoms with Crippen LogP contribution in [0.4, 0.5) is 0 Å². The first-order chi connectivity index (χ1) is 14.1. The van der Waals surface area contributed by atoms with Crippen molar-refractivity contribution in [2.75, 3.05) is 27.7 Å². The van der Waals surface area contributed by atoms with E-state index in [9.17, 15) is 8.42 Å². The number of rotatable bonds is 8. The average molecular weight is 435 g/mol. The normalized spacial score (nSPS) is 12.6. The van der Waals surface area contributed by atoms with Gasteiger partial charge in [-0.15, -0.1) is 0 Å². The number of benzene rings is 1. The van der Waals surface area contributed by atoms with E-state index >= 15 is 0 Å². The second-order valence-electron chi connectivity index (χ2n) is 7.83. The third kappa shape index (κ3) is 5.82. The highest BCUT2D eigenvalue weighted by atomic mass is 32.2. The van der Waals surface area contributed by atoms with Crippen LogP contribution >= 0.6 is 0 Å². The maximum absolute atomic E-state index is 12.2. The van der Waals surface area contributed by atoms with E-state index in [1.54, 1.807) is 24.3 Å². The third-order valence-corrected chi connectivity index (χ3v) is 6.53. The number of aryl methyl sites for hydroxylation is 1. The summed E-state index contributed by atoms with van der Waals surface area (Å²) in [5.74, 6) is 1.15. The average Bonchev–Trinajstić information content (AvgIpc) is 3.05. The molecule has 0 saturated heterocycles. The van der Waals surface area contributed by atoms with Gasteiger partial charge in [-0.05, 0) is 30.5 Å². The smallest absolute Gasteiger partial charge is 0.242 e. The van der Waals surface area contributed by atoms with Crippen LogP contribution in [-0.4, -0.2) is 61.1 Å². The monoisotopic (exact) mass is 434 g/mol. The zero-order valence-electron chi connectivity index (χ0n) is 19.0. The maximum atomic E-state index is 12.2. The fourth-order valence-electron chi connectivity index (χ4n) is 3.11. The van der Waals surface area contributed by atoms with Crippen LogP contribution in [0.25, 0.3) is 0 Å². The van der Waals surface area contributed by atoms with Crippen molar-refractivity contribution in [2.24, 2.45) is 12.0 Å². The van der Waals surface area contributed by atoms with Crippen LogP contribution in [0.5, 0.6) is 0 Å². The van der Waals surface area contributed by atoms with Gasteiger partial charge in [0.1, 0.15) is 0 Å². The number of sulfonamides is 1. The Hall–Kier alpha value is -2.39. The van der Waals surface area contributed by atoms with Crippen LogP contribution in [0, 0.1) is 0 Å². The highest BCUT2D eigenvalue weighted by Gasteiger charge is 2.17. The van der Waals surface area contributed by atoms with Gasteiger partial charge >= 0.3 is 0 Å². The SMILES string of the molecule is CCNC(=NCc1ccc(S(=O)(=O)N(C)C)cc1)N(C)Cc1cn(C)nc1C(C)C. The summed E-state index contributed by atoms with van der Waals surface area (Å²) in [6, 6.07) is 6.87. The van der Waals surface area contributed by atoms with Gasteiger partial charge in [0, 0.05) is 53.0 Å². The molecule has 2 rings (SSSR count). The first kappa shape index (κ1) is 23.9. The van der Waals surface area contributed by atoms with Crippen molar-refractivity contribution in [2.45, 2.75) is 44.7 Å². The topological polar surface area (TPSA) is 82.8 Å². The summed E-state index contributed by atoms with van der Waals surface area (Å²) in [6.07, 6.45) is 2.05. The molecule has 8 nitrogen and oxygen atoms in total. The Kier molecular flexibility index (Phi) is 8.03. The third-order valence-electron chi connectivity index (χ3n) is 4.70. The Morgan fingerprint density at radius 2 is 1.83 bits per heavy atom. The summed E-state index contributed by atoms with van der Waals surface area (Å²) in [7, 11) is 3.58. The molecule has 0 radical (unpaired) electrons. The van der Waals surface area contributed by atoms with Crippen LogP contribution in [0.3, 0.4) is 0 Å². The summed E-state index contributed by atoms with van der Waals surface area (Å²) in [6.45, 7) is 8.24. The summed E-state index contributed by atoms with van der Waals surface area (Å²) < 4.78 is 27.5. The molecule has 0 saturated carbocycles. The van der Waals surface area contributed by atoms with Crippen molar-refractivity contribution >= 4 is 16.0 Å². The summed E-state index contributed by atoms with van der Waals surface area (Å²) in [4.78, 5) is 7.09. The second kappa shape index (κ2) is 10.1. The van der Waals surface area contributed by atoms with E-state index in [1.807, 2.05) is 25.7 Å². The van der Waals surface area contributed by atoms with Gasteiger partial charge in [-0.3, -0.25) is 4.68 Å². The lowest BCUT2D eigenvalue weighted by Gasteiger charge is -2.22. The zero-order valence-corrected chi connectivity index (χ0v) is 19.9. The molecule has 1 N–H and O–H groups in total. The van der Waals surface area contributed by atoms with E-state index in [0.717, 1.165) is 23.8 Å². The first-order valence-electron chi connectivity index (χ1n) is 10.1. The summed E-state index contributed by atoms with van der Waals surface area (Å²) in [5.41, 5.74) is 3.22. The summed E-state index contributed by atoms with van der Waals surface area (Å²) >= 11 is 0. The molecular formula is C21H34N6O2S. The van der Waals surface area contributed by atoms with Gasteiger partial charge in [-0.2, -0.15) is 5.10 Å². The van der Waals surface area contributed by atoms with Crippen molar-refractivity contribution in [1.29, 1.82) is 0 Å². The fourth-order valence-corrected chi connectivity index (χ4v) is 4.01. The predicted octanol–water partition coefficient (Wildman–Crippen LogP) is 2.39. The molecule has 0 aliphatic heterocycles. The molecule has 1 aromatic heterocycles. The van der Waals surface area contributed by atoms with Crippen LogP contribution in [0.2, 0.25) is 0 Å². The number of nitrogens with zero attached hydrogens (tertiary/aromatic N) is 5. The van der Waals surface area contributed by atoms with Crippen LogP contribution in [0.1, 0.15) is 43.5 Å². The van der Waals surface area contributed by atoms with Gasteiger partial charge in [0.15, 0.2) is 5.96 Å². The van der Waals surface area contributed by atoms with Crippen molar-refractivity contribution < 1.29 is 8.42 Å². The standard InChI is InChI=1S/C21H34N6O2S/c1-8-22-21(26(6)14-18-15-27(7)24-20(18)16(2)3)23-13-17-9-11-19(12-10-17)30(28,29)25(4)5/h9-12,15-16H,8,13-14H2,1-7H3,(H,22,23). The minimum Gasteiger partial charge on any atom is -0.357 e. The van der Waals surface area contributed by atoms with E-state index in [1.165, 1.54) is 24.0 Å². The van der Waals surface area contributed by atoms with E-state index in [-0.39, 0.29) is 4.90 Å². The summed E-state index contributed by atoms with van der Waals surface area (Å²) in [5, 5.41) is 7.90. The van der Waals surface area contributed by atoms with E-state index in [0.29, 0.717) is 19.0 Å². The molecule has 0 fully saturated rings. The lowest BCUT2D eigenvalue weighted by molar-refractivity contribution is 0.473. The number of guanidine groups is 1. The Bertz CT molecular complexity index is 962. The van der Waals surface area contributed by atoms with E-state index in [2.05, 4.69) is 35.4 Å². The lowest BCUT2D eigenvalue weighted by atomic mass is 10.1. The van der Waals surface area contributed by atoms with Gasteiger partial charge in [0.2, 0.25) is 10.0 Å². The molecule has 0 spiro atoms. The predicted molar refractivity (Wildman–Crippen MR) is 121 cm³/mol. The molecule has 0 unspecified atom stereocenters. The van der Waals surface area contributed by atoms with Crippen LogP contribution < -0.4 is 5.32 Å². The molecule has 30 heavy (non-hydrogen) atoms. The Balaban J connectivity index is 2.16.